The SMILES string of the molecule is CCC(CC)(COC1CCCCC1C)CS(N)(=O)=O. The Hall–Kier alpha value is -0.130. The lowest BCUT2D eigenvalue weighted by Gasteiger charge is -2.35. The fourth-order valence-electron chi connectivity index (χ4n) is 2.94. The van der Waals surface area contributed by atoms with E-state index in [1.807, 2.05) is 13.8 Å². The summed E-state index contributed by atoms with van der Waals surface area (Å²) >= 11 is 0. The molecule has 0 aromatic carbocycles. The smallest absolute Gasteiger partial charge is 0.209 e. The minimum Gasteiger partial charge on any atom is -0.377 e. The monoisotopic (exact) mass is 291 g/mol. The summed E-state index contributed by atoms with van der Waals surface area (Å²) < 4.78 is 28.9. The first-order chi connectivity index (χ1) is 8.82. The van der Waals surface area contributed by atoms with Crippen LogP contribution in [0.25, 0.3) is 0 Å². The third-order valence-electron chi connectivity index (χ3n) is 4.64. The summed E-state index contributed by atoms with van der Waals surface area (Å²) in [5, 5.41) is 5.23. The molecule has 2 N–H and O–H groups in total. The summed E-state index contributed by atoms with van der Waals surface area (Å²) in [6.07, 6.45) is 6.65. The van der Waals surface area contributed by atoms with Crippen LogP contribution in [0.5, 0.6) is 0 Å². The lowest BCUT2D eigenvalue weighted by Crippen LogP contribution is -2.39. The van der Waals surface area contributed by atoms with E-state index in [9.17, 15) is 8.42 Å². The summed E-state index contributed by atoms with van der Waals surface area (Å²) in [5.41, 5.74) is -0.329. The van der Waals surface area contributed by atoms with Gasteiger partial charge in [0.05, 0.1) is 18.5 Å². The Bertz CT molecular complexity index is 363. The molecule has 19 heavy (non-hydrogen) atoms. The van der Waals surface area contributed by atoms with E-state index in [2.05, 4.69) is 6.92 Å². The molecule has 0 spiro atoms. The van der Waals surface area contributed by atoms with Crippen LogP contribution in [0.15, 0.2) is 0 Å². The molecule has 2 unspecified atom stereocenters. The minimum atomic E-state index is -3.45. The van der Waals surface area contributed by atoms with E-state index >= 15 is 0 Å². The zero-order chi connectivity index (χ0) is 14.5. The molecule has 1 fully saturated rings. The molecular weight excluding hydrogens is 262 g/mol. The van der Waals surface area contributed by atoms with Crippen molar-refractivity contribution >= 4 is 10.0 Å². The van der Waals surface area contributed by atoms with Crippen LogP contribution < -0.4 is 5.14 Å². The highest BCUT2D eigenvalue weighted by Gasteiger charge is 2.33. The van der Waals surface area contributed by atoms with Crippen LogP contribution in [0.3, 0.4) is 0 Å². The third kappa shape index (κ3) is 5.40. The van der Waals surface area contributed by atoms with E-state index in [1.165, 1.54) is 19.3 Å². The Morgan fingerprint density at radius 2 is 1.79 bits per heavy atom. The molecular formula is C14H29NO3S. The molecule has 5 heteroatoms. The van der Waals surface area contributed by atoms with Gasteiger partial charge in [-0.15, -0.1) is 0 Å². The molecule has 2 atom stereocenters. The molecule has 0 radical (unpaired) electrons. The maximum atomic E-state index is 11.4. The van der Waals surface area contributed by atoms with Crippen molar-refractivity contribution in [1.82, 2.24) is 0 Å². The van der Waals surface area contributed by atoms with Gasteiger partial charge < -0.3 is 4.74 Å². The predicted molar refractivity (Wildman–Crippen MR) is 78.4 cm³/mol. The van der Waals surface area contributed by atoms with Crippen molar-refractivity contribution in [2.24, 2.45) is 16.5 Å². The first-order valence-corrected chi connectivity index (χ1v) is 9.15. The summed E-state index contributed by atoms with van der Waals surface area (Å²) in [5.74, 6) is 0.600. The van der Waals surface area contributed by atoms with Gasteiger partial charge in [-0.2, -0.15) is 0 Å². The molecule has 0 aromatic rings. The summed E-state index contributed by atoms with van der Waals surface area (Å²) in [6.45, 7) is 6.76. The number of hydrogen-bond acceptors (Lipinski definition) is 3. The number of sulfonamides is 1. The van der Waals surface area contributed by atoms with Crippen LogP contribution in [-0.4, -0.2) is 26.9 Å². The summed E-state index contributed by atoms with van der Waals surface area (Å²) in [7, 11) is -3.45. The summed E-state index contributed by atoms with van der Waals surface area (Å²) in [6, 6.07) is 0. The van der Waals surface area contributed by atoms with Crippen molar-refractivity contribution in [2.75, 3.05) is 12.4 Å². The zero-order valence-corrected chi connectivity index (χ0v) is 13.3. The topological polar surface area (TPSA) is 69.4 Å². The lowest BCUT2D eigenvalue weighted by molar-refractivity contribution is -0.0458. The molecule has 1 saturated carbocycles. The average Bonchev–Trinajstić information content (AvgIpc) is 2.35. The van der Waals surface area contributed by atoms with Gasteiger partial charge in [-0.1, -0.05) is 33.6 Å². The molecule has 0 amide bonds. The second kappa shape index (κ2) is 7.04. The number of nitrogens with two attached hydrogens (primary N) is 1. The number of hydrogen-bond donors (Lipinski definition) is 1. The molecule has 1 aliphatic carbocycles. The van der Waals surface area contributed by atoms with Crippen molar-refractivity contribution in [1.29, 1.82) is 0 Å². The normalized spacial score (nSPS) is 25.5. The Kier molecular flexibility index (Phi) is 6.27. The van der Waals surface area contributed by atoms with Crippen LogP contribution in [0.4, 0.5) is 0 Å². The molecule has 0 bridgehead atoms. The van der Waals surface area contributed by atoms with E-state index in [0.717, 1.165) is 19.3 Å². The van der Waals surface area contributed by atoms with Crippen molar-refractivity contribution < 1.29 is 13.2 Å². The second-order valence-electron chi connectivity index (χ2n) is 6.13. The van der Waals surface area contributed by atoms with E-state index in [0.29, 0.717) is 12.5 Å². The highest BCUT2D eigenvalue weighted by Crippen LogP contribution is 2.32. The molecule has 0 aromatic heterocycles. The average molecular weight is 291 g/mol. The number of primary sulfonamides is 1. The zero-order valence-electron chi connectivity index (χ0n) is 12.5. The second-order valence-corrected chi connectivity index (χ2v) is 7.74. The largest absolute Gasteiger partial charge is 0.377 e. The van der Waals surface area contributed by atoms with Crippen molar-refractivity contribution in [3.8, 4) is 0 Å². The Morgan fingerprint density at radius 3 is 2.26 bits per heavy atom. The Balaban J connectivity index is 2.62. The summed E-state index contributed by atoms with van der Waals surface area (Å²) in [4.78, 5) is 0. The molecule has 4 nitrogen and oxygen atoms in total. The van der Waals surface area contributed by atoms with Gasteiger partial charge in [-0.05, 0) is 31.6 Å². The van der Waals surface area contributed by atoms with Crippen molar-refractivity contribution in [3.05, 3.63) is 0 Å². The molecule has 1 rings (SSSR count). The lowest BCUT2D eigenvalue weighted by atomic mass is 9.84. The van der Waals surface area contributed by atoms with Gasteiger partial charge in [0, 0.05) is 5.41 Å². The van der Waals surface area contributed by atoms with Crippen LogP contribution in [0.2, 0.25) is 0 Å². The van der Waals surface area contributed by atoms with E-state index in [4.69, 9.17) is 9.88 Å². The van der Waals surface area contributed by atoms with Gasteiger partial charge in [0.2, 0.25) is 10.0 Å². The Morgan fingerprint density at radius 1 is 1.21 bits per heavy atom. The van der Waals surface area contributed by atoms with E-state index in [-0.39, 0.29) is 17.3 Å². The molecule has 0 heterocycles. The Labute approximate surface area is 118 Å². The minimum absolute atomic E-state index is 0.0219. The maximum Gasteiger partial charge on any atom is 0.209 e. The van der Waals surface area contributed by atoms with Gasteiger partial charge >= 0.3 is 0 Å². The van der Waals surface area contributed by atoms with Crippen LogP contribution in [-0.2, 0) is 14.8 Å². The number of rotatable bonds is 7. The van der Waals surface area contributed by atoms with Crippen LogP contribution in [0.1, 0.15) is 59.3 Å². The molecule has 114 valence electrons. The standard InChI is InChI=1S/C14H29NO3S/c1-4-14(5-2,11-19(15,16)17)10-18-13-9-7-6-8-12(13)3/h12-13H,4-11H2,1-3H3,(H2,15,16,17). The van der Waals surface area contributed by atoms with E-state index in [1.54, 1.807) is 0 Å². The van der Waals surface area contributed by atoms with Crippen molar-refractivity contribution in [2.45, 2.75) is 65.4 Å². The fourth-order valence-corrected chi connectivity index (χ4v) is 4.29. The predicted octanol–water partition coefficient (Wildman–Crippen LogP) is 2.68. The molecule has 0 saturated heterocycles. The maximum absolute atomic E-state index is 11.4. The van der Waals surface area contributed by atoms with Gasteiger partial charge in [0.25, 0.3) is 0 Å². The van der Waals surface area contributed by atoms with Crippen LogP contribution in [0, 0.1) is 11.3 Å². The van der Waals surface area contributed by atoms with Gasteiger partial charge in [0.1, 0.15) is 0 Å². The highest BCUT2D eigenvalue weighted by atomic mass is 32.2. The van der Waals surface area contributed by atoms with E-state index < -0.39 is 10.0 Å². The van der Waals surface area contributed by atoms with Gasteiger partial charge in [0.15, 0.2) is 0 Å². The third-order valence-corrected chi connectivity index (χ3v) is 5.66. The molecule has 0 aliphatic heterocycles. The molecule has 1 aliphatic rings. The fraction of sp³-hybridized carbons (Fsp3) is 1.00. The quantitative estimate of drug-likeness (QED) is 0.784. The van der Waals surface area contributed by atoms with Gasteiger partial charge in [-0.25, -0.2) is 13.6 Å². The first kappa shape index (κ1) is 16.9. The van der Waals surface area contributed by atoms with Gasteiger partial charge in [-0.3, -0.25) is 0 Å². The first-order valence-electron chi connectivity index (χ1n) is 7.44. The number of ether oxygens (including phenoxy) is 1. The van der Waals surface area contributed by atoms with Crippen molar-refractivity contribution in [3.63, 3.8) is 0 Å². The van der Waals surface area contributed by atoms with Crippen LogP contribution >= 0.6 is 0 Å². The highest BCUT2D eigenvalue weighted by molar-refractivity contribution is 7.89.